The molecule has 0 N–H and O–H groups in total. The number of sulfone groups is 3. The summed E-state index contributed by atoms with van der Waals surface area (Å²) in [5.74, 6) is 0.281. The van der Waals surface area contributed by atoms with E-state index in [1.54, 1.807) is 72.8 Å². The minimum Gasteiger partial charge on any atom is -0.224 e. The van der Waals surface area contributed by atoms with Gasteiger partial charge >= 0.3 is 0 Å². The number of benzene rings is 3. The average molecular weight is 624 g/mol. The Hall–Kier alpha value is -2.14. The molecule has 0 bridgehead atoms. The van der Waals surface area contributed by atoms with Crippen LogP contribution in [0.25, 0.3) is 0 Å². The molecule has 0 saturated heterocycles. The SMILES string of the molecule is CCCCS(=O)(=O)c1ccc([S+](c2ccc(S(=O)(=O)CCCC)cc2)c2ccc(S(=O)(=O)CCCC)cc2)cc1. The molecule has 0 heterocycles. The quantitative estimate of drug-likeness (QED) is 0.179. The van der Waals surface area contributed by atoms with Gasteiger partial charge in [-0.15, -0.1) is 0 Å². The molecule has 0 spiro atoms. The number of unbranched alkanes of at least 4 members (excludes halogenated alkanes) is 3. The molecule has 3 rings (SSSR count). The molecule has 218 valence electrons. The van der Waals surface area contributed by atoms with E-state index in [0.29, 0.717) is 19.3 Å². The van der Waals surface area contributed by atoms with E-state index < -0.39 is 40.4 Å². The van der Waals surface area contributed by atoms with Crippen molar-refractivity contribution in [3.8, 4) is 0 Å². The van der Waals surface area contributed by atoms with Crippen LogP contribution in [-0.4, -0.2) is 42.5 Å². The van der Waals surface area contributed by atoms with Crippen molar-refractivity contribution in [2.24, 2.45) is 0 Å². The van der Waals surface area contributed by atoms with Crippen molar-refractivity contribution in [3.63, 3.8) is 0 Å². The van der Waals surface area contributed by atoms with Crippen molar-refractivity contribution < 1.29 is 25.3 Å². The second-order valence-corrected chi connectivity index (χ2v) is 18.1. The van der Waals surface area contributed by atoms with Crippen molar-refractivity contribution >= 4 is 40.4 Å². The molecule has 0 aliphatic carbocycles. The van der Waals surface area contributed by atoms with Crippen LogP contribution in [0.5, 0.6) is 0 Å². The normalized spacial score (nSPS) is 12.6. The Bertz CT molecular complexity index is 1370. The second kappa shape index (κ2) is 14.2. The van der Waals surface area contributed by atoms with E-state index in [2.05, 4.69) is 0 Å². The number of hydrogen-bond acceptors (Lipinski definition) is 6. The van der Waals surface area contributed by atoms with E-state index in [0.717, 1.165) is 33.9 Å². The first kappa shape index (κ1) is 32.4. The third kappa shape index (κ3) is 8.21. The summed E-state index contributed by atoms with van der Waals surface area (Å²) in [7, 11) is -10.9. The summed E-state index contributed by atoms with van der Waals surface area (Å²) in [6.07, 6.45) is 4.14. The van der Waals surface area contributed by atoms with E-state index in [1.807, 2.05) is 20.8 Å². The minimum atomic E-state index is -3.38. The molecule has 0 fully saturated rings. The van der Waals surface area contributed by atoms with Crippen LogP contribution in [0.2, 0.25) is 0 Å². The van der Waals surface area contributed by atoms with Crippen LogP contribution < -0.4 is 0 Å². The molecule has 3 aromatic carbocycles. The summed E-state index contributed by atoms with van der Waals surface area (Å²) >= 11 is 0. The smallest absolute Gasteiger partial charge is 0.178 e. The van der Waals surface area contributed by atoms with Crippen LogP contribution in [0.15, 0.2) is 102 Å². The van der Waals surface area contributed by atoms with Gasteiger partial charge in [-0.1, -0.05) is 40.0 Å². The van der Waals surface area contributed by atoms with Gasteiger partial charge in [0, 0.05) is 0 Å². The Labute approximate surface area is 243 Å². The zero-order valence-corrected chi connectivity index (χ0v) is 26.6. The van der Waals surface area contributed by atoms with E-state index in [9.17, 15) is 25.3 Å². The first-order chi connectivity index (χ1) is 18.9. The maximum atomic E-state index is 12.7. The van der Waals surface area contributed by atoms with Gasteiger partial charge in [0.25, 0.3) is 0 Å². The molecule has 0 aliphatic heterocycles. The second-order valence-electron chi connectivity index (χ2n) is 9.74. The van der Waals surface area contributed by atoms with Crippen molar-refractivity contribution in [1.82, 2.24) is 0 Å². The molecular formula is C30H39O6S4+. The highest BCUT2D eigenvalue weighted by molar-refractivity contribution is 7.97. The van der Waals surface area contributed by atoms with Gasteiger partial charge in [0.15, 0.2) is 44.2 Å². The van der Waals surface area contributed by atoms with Gasteiger partial charge in [-0.25, -0.2) is 25.3 Å². The lowest BCUT2D eigenvalue weighted by Crippen LogP contribution is -2.10. The summed E-state index contributed by atoms with van der Waals surface area (Å²) in [6, 6.07) is 20.5. The minimum absolute atomic E-state index is 0.0937. The van der Waals surface area contributed by atoms with Crippen LogP contribution >= 0.6 is 0 Å². The highest BCUT2D eigenvalue weighted by Crippen LogP contribution is 2.33. The molecule has 0 amide bonds. The van der Waals surface area contributed by atoms with Crippen LogP contribution in [0.1, 0.15) is 59.3 Å². The summed E-state index contributed by atoms with van der Waals surface area (Å²) in [4.78, 5) is 3.34. The van der Waals surface area contributed by atoms with E-state index in [4.69, 9.17) is 0 Å². The largest absolute Gasteiger partial charge is 0.224 e. The van der Waals surface area contributed by atoms with Crippen molar-refractivity contribution in [2.75, 3.05) is 17.3 Å². The lowest BCUT2D eigenvalue weighted by molar-refractivity contribution is 0.591. The molecule has 0 atom stereocenters. The zero-order valence-electron chi connectivity index (χ0n) is 23.4. The highest BCUT2D eigenvalue weighted by Gasteiger charge is 2.30. The maximum absolute atomic E-state index is 12.7. The van der Waals surface area contributed by atoms with Gasteiger partial charge in [0.05, 0.1) is 42.8 Å². The predicted octanol–water partition coefficient (Wildman–Crippen LogP) is 6.50. The summed E-state index contributed by atoms with van der Waals surface area (Å²) in [5.41, 5.74) is 0. The topological polar surface area (TPSA) is 102 Å². The van der Waals surface area contributed by atoms with E-state index in [-0.39, 0.29) is 31.9 Å². The van der Waals surface area contributed by atoms with Gasteiger partial charge < -0.3 is 0 Å². The van der Waals surface area contributed by atoms with Crippen molar-refractivity contribution in [1.29, 1.82) is 0 Å². The molecule has 40 heavy (non-hydrogen) atoms. The maximum Gasteiger partial charge on any atom is 0.178 e. The van der Waals surface area contributed by atoms with Gasteiger partial charge in [-0.05, 0) is 92.1 Å². The van der Waals surface area contributed by atoms with Crippen LogP contribution in [0.3, 0.4) is 0 Å². The van der Waals surface area contributed by atoms with E-state index >= 15 is 0 Å². The third-order valence-corrected chi connectivity index (χ3v) is 14.2. The summed E-state index contributed by atoms with van der Waals surface area (Å²) in [6.45, 7) is 5.85. The molecular weight excluding hydrogens is 585 g/mol. The predicted molar refractivity (Wildman–Crippen MR) is 162 cm³/mol. The Kier molecular flexibility index (Phi) is 11.5. The fraction of sp³-hybridized carbons (Fsp3) is 0.400. The first-order valence-electron chi connectivity index (χ1n) is 13.7. The fourth-order valence-corrected chi connectivity index (χ4v) is 10.5. The van der Waals surface area contributed by atoms with Gasteiger partial charge in [0.2, 0.25) is 0 Å². The van der Waals surface area contributed by atoms with Gasteiger partial charge in [-0.3, -0.25) is 0 Å². The Morgan fingerprint density at radius 1 is 0.425 bits per heavy atom. The monoisotopic (exact) mass is 623 g/mol. The molecule has 0 radical (unpaired) electrons. The van der Waals surface area contributed by atoms with E-state index in [1.165, 1.54) is 0 Å². The zero-order chi connectivity index (χ0) is 29.4. The lowest BCUT2D eigenvalue weighted by atomic mass is 10.3. The van der Waals surface area contributed by atoms with Gasteiger partial charge in [0.1, 0.15) is 0 Å². The molecule has 0 aromatic heterocycles. The molecule has 3 aromatic rings. The Balaban J connectivity index is 2.04. The average Bonchev–Trinajstić information content (AvgIpc) is 2.95. The summed E-state index contributed by atoms with van der Waals surface area (Å²) in [5, 5.41) is 0. The standard InChI is InChI=1S/C30H39O6S4/c1-4-7-22-38(31,32)28-16-10-25(11-17-28)37(26-12-18-29(19-13-26)39(33,34)23-8-5-2)27-14-20-30(21-15-27)40(35,36)24-9-6-3/h10-21H,4-9,22-24H2,1-3H3/q+1. The third-order valence-electron chi connectivity index (χ3n) is 6.56. The van der Waals surface area contributed by atoms with Crippen LogP contribution in [-0.2, 0) is 40.4 Å². The summed E-state index contributed by atoms with van der Waals surface area (Å²) < 4.78 is 76.3. The molecule has 10 heteroatoms. The van der Waals surface area contributed by atoms with Crippen molar-refractivity contribution in [2.45, 2.75) is 88.7 Å². The molecule has 0 aliphatic rings. The van der Waals surface area contributed by atoms with Crippen LogP contribution in [0, 0.1) is 0 Å². The van der Waals surface area contributed by atoms with Gasteiger partial charge in [-0.2, -0.15) is 0 Å². The molecule has 0 saturated carbocycles. The van der Waals surface area contributed by atoms with Crippen molar-refractivity contribution in [3.05, 3.63) is 72.8 Å². The number of hydrogen-bond donors (Lipinski definition) is 0. The fourth-order valence-electron chi connectivity index (χ4n) is 4.11. The molecule has 0 unspecified atom stereocenters. The molecule has 6 nitrogen and oxygen atoms in total. The Morgan fingerprint density at radius 3 is 0.850 bits per heavy atom. The first-order valence-corrected chi connectivity index (χ1v) is 19.9. The Morgan fingerprint density at radius 2 is 0.650 bits per heavy atom. The lowest BCUT2D eigenvalue weighted by Gasteiger charge is -2.11. The highest BCUT2D eigenvalue weighted by atomic mass is 32.2. The number of rotatable bonds is 15. The van der Waals surface area contributed by atoms with Crippen LogP contribution in [0.4, 0.5) is 0 Å².